The summed E-state index contributed by atoms with van der Waals surface area (Å²) in [6.45, 7) is 15.0. The lowest BCUT2D eigenvalue weighted by Crippen LogP contribution is -2.48. The van der Waals surface area contributed by atoms with Crippen molar-refractivity contribution < 1.29 is 9.53 Å². The van der Waals surface area contributed by atoms with E-state index in [4.69, 9.17) is 4.74 Å². The van der Waals surface area contributed by atoms with Crippen LogP contribution in [0.5, 0.6) is 0 Å². The van der Waals surface area contributed by atoms with E-state index in [-0.39, 0.29) is 5.97 Å². The van der Waals surface area contributed by atoms with Gasteiger partial charge in [-0.05, 0) is 34.6 Å². The third-order valence-corrected chi connectivity index (χ3v) is 4.28. The molecule has 130 valence electrons. The maximum absolute atomic E-state index is 11.9. The summed E-state index contributed by atoms with van der Waals surface area (Å²) in [5, 5.41) is 4.48. The van der Waals surface area contributed by atoms with Gasteiger partial charge < -0.3 is 4.74 Å². The van der Waals surface area contributed by atoms with Crippen LogP contribution in [0.15, 0.2) is 0 Å². The molecule has 1 aliphatic rings. The van der Waals surface area contributed by atoms with E-state index in [1.165, 1.54) is 11.3 Å². The zero-order valence-electron chi connectivity index (χ0n) is 15.3. The molecule has 0 radical (unpaired) electrons. The predicted octanol–water partition coefficient (Wildman–Crippen LogP) is 1.50. The Hall–Kier alpha value is -1.40. The van der Waals surface area contributed by atoms with Crippen molar-refractivity contribution in [2.75, 3.05) is 32.7 Å². The molecule has 0 atom stereocenters. The molecule has 0 unspecified atom stereocenters. The van der Waals surface area contributed by atoms with Gasteiger partial charge in [-0.25, -0.2) is 0 Å². The lowest BCUT2D eigenvalue weighted by atomic mass is 10.1. The first kappa shape index (κ1) is 17.9. The highest BCUT2D eigenvalue weighted by Gasteiger charge is 2.23. The van der Waals surface area contributed by atoms with Crippen molar-refractivity contribution in [1.29, 1.82) is 0 Å². The summed E-state index contributed by atoms with van der Waals surface area (Å²) in [7, 11) is 1.99. The van der Waals surface area contributed by atoms with E-state index in [0.717, 1.165) is 38.4 Å². The minimum Gasteiger partial charge on any atom is -0.459 e. The highest BCUT2D eigenvalue weighted by Crippen LogP contribution is 2.16. The van der Waals surface area contributed by atoms with Gasteiger partial charge in [0.15, 0.2) is 0 Å². The molecule has 1 saturated heterocycles. The second kappa shape index (κ2) is 7.01. The van der Waals surface area contributed by atoms with Crippen molar-refractivity contribution in [2.45, 2.75) is 46.8 Å². The zero-order valence-corrected chi connectivity index (χ0v) is 15.3. The van der Waals surface area contributed by atoms with Crippen LogP contribution >= 0.6 is 0 Å². The quantitative estimate of drug-likeness (QED) is 0.786. The van der Waals surface area contributed by atoms with Crippen LogP contribution in [-0.4, -0.2) is 63.9 Å². The van der Waals surface area contributed by atoms with E-state index in [1.54, 1.807) is 0 Å². The van der Waals surface area contributed by atoms with Crippen molar-refractivity contribution in [2.24, 2.45) is 7.05 Å². The van der Waals surface area contributed by atoms with Crippen molar-refractivity contribution in [3.05, 3.63) is 17.0 Å². The Morgan fingerprint density at radius 2 is 1.70 bits per heavy atom. The standard InChI is InChI=1S/C17H30N4O2/c1-13-15(14(2)19(6)18-13)11-20-7-9-21(10-8-20)12-16(22)23-17(3,4)5/h7-12H2,1-6H3. The molecule has 1 aromatic rings. The maximum atomic E-state index is 11.9. The number of ether oxygens (including phenoxy) is 1. The lowest BCUT2D eigenvalue weighted by Gasteiger charge is -2.34. The fourth-order valence-corrected chi connectivity index (χ4v) is 2.93. The Kier molecular flexibility index (Phi) is 5.47. The van der Waals surface area contributed by atoms with Gasteiger partial charge in [-0.1, -0.05) is 0 Å². The monoisotopic (exact) mass is 322 g/mol. The van der Waals surface area contributed by atoms with Gasteiger partial charge in [0.1, 0.15) is 5.60 Å². The van der Waals surface area contributed by atoms with E-state index in [0.29, 0.717) is 6.54 Å². The minimum atomic E-state index is -0.408. The van der Waals surface area contributed by atoms with Gasteiger partial charge >= 0.3 is 5.97 Å². The Balaban J connectivity index is 1.81. The summed E-state index contributed by atoms with van der Waals surface area (Å²) in [6, 6.07) is 0. The number of nitrogens with zero attached hydrogens (tertiary/aromatic N) is 4. The number of aromatic nitrogens is 2. The van der Waals surface area contributed by atoms with Gasteiger partial charge in [-0.3, -0.25) is 19.3 Å². The van der Waals surface area contributed by atoms with Crippen molar-refractivity contribution >= 4 is 5.97 Å². The largest absolute Gasteiger partial charge is 0.459 e. The van der Waals surface area contributed by atoms with Crippen LogP contribution < -0.4 is 0 Å². The van der Waals surface area contributed by atoms with E-state index in [2.05, 4.69) is 28.7 Å². The number of piperazine rings is 1. The first-order chi connectivity index (χ1) is 10.7. The Morgan fingerprint density at radius 3 is 2.17 bits per heavy atom. The van der Waals surface area contributed by atoms with Crippen LogP contribution in [0.25, 0.3) is 0 Å². The fraction of sp³-hybridized carbons (Fsp3) is 0.765. The van der Waals surface area contributed by atoms with Crippen molar-refractivity contribution in [1.82, 2.24) is 19.6 Å². The zero-order chi connectivity index (χ0) is 17.2. The molecule has 0 aliphatic carbocycles. The predicted molar refractivity (Wildman–Crippen MR) is 90.2 cm³/mol. The van der Waals surface area contributed by atoms with Crippen LogP contribution in [0.4, 0.5) is 0 Å². The molecule has 0 saturated carbocycles. The molecule has 2 heterocycles. The number of hydrogen-bond donors (Lipinski definition) is 0. The molecule has 1 aliphatic heterocycles. The summed E-state index contributed by atoms with van der Waals surface area (Å²) in [6.07, 6.45) is 0. The van der Waals surface area contributed by atoms with Crippen molar-refractivity contribution in [3.8, 4) is 0 Å². The van der Waals surface area contributed by atoms with Crippen molar-refractivity contribution in [3.63, 3.8) is 0 Å². The molecule has 0 bridgehead atoms. The highest BCUT2D eigenvalue weighted by atomic mass is 16.6. The van der Waals surface area contributed by atoms with E-state index < -0.39 is 5.60 Å². The molecule has 1 aromatic heterocycles. The highest BCUT2D eigenvalue weighted by molar-refractivity contribution is 5.72. The first-order valence-electron chi connectivity index (χ1n) is 8.31. The Labute approximate surface area is 139 Å². The van der Waals surface area contributed by atoms with E-state index in [9.17, 15) is 4.79 Å². The van der Waals surface area contributed by atoms with Gasteiger partial charge in [0, 0.05) is 51.0 Å². The van der Waals surface area contributed by atoms with Gasteiger partial charge in [-0.15, -0.1) is 0 Å². The van der Waals surface area contributed by atoms with Gasteiger partial charge in [0.05, 0.1) is 12.2 Å². The minimum absolute atomic E-state index is 0.134. The lowest BCUT2D eigenvalue weighted by molar-refractivity contribution is -0.156. The summed E-state index contributed by atoms with van der Waals surface area (Å²) in [5.74, 6) is -0.134. The number of carbonyl (C=O) groups is 1. The summed E-state index contributed by atoms with van der Waals surface area (Å²) in [5.41, 5.74) is 3.27. The average Bonchev–Trinajstić information content (AvgIpc) is 2.65. The van der Waals surface area contributed by atoms with Crippen LogP contribution in [0, 0.1) is 13.8 Å². The molecule has 1 fully saturated rings. The number of hydrogen-bond acceptors (Lipinski definition) is 5. The molecule has 6 heteroatoms. The second-order valence-corrected chi connectivity index (χ2v) is 7.41. The van der Waals surface area contributed by atoms with Crippen LogP contribution in [0.3, 0.4) is 0 Å². The topological polar surface area (TPSA) is 50.6 Å². The van der Waals surface area contributed by atoms with E-state index >= 15 is 0 Å². The molecule has 6 nitrogen and oxygen atoms in total. The van der Waals surface area contributed by atoms with Crippen LogP contribution in [-0.2, 0) is 23.1 Å². The second-order valence-electron chi connectivity index (χ2n) is 7.41. The number of aryl methyl sites for hydroxylation is 2. The SMILES string of the molecule is Cc1nn(C)c(C)c1CN1CCN(CC(=O)OC(C)(C)C)CC1. The first-order valence-corrected chi connectivity index (χ1v) is 8.31. The molecular weight excluding hydrogens is 292 g/mol. The molecular formula is C17H30N4O2. The average molecular weight is 322 g/mol. The third-order valence-electron chi connectivity index (χ3n) is 4.28. The van der Waals surface area contributed by atoms with Gasteiger partial charge in [0.2, 0.25) is 0 Å². The summed E-state index contributed by atoms with van der Waals surface area (Å²) < 4.78 is 7.34. The number of esters is 1. The van der Waals surface area contributed by atoms with E-state index in [1.807, 2.05) is 32.5 Å². The molecule has 0 aromatic carbocycles. The van der Waals surface area contributed by atoms with Gasteiger partial charge in [-0.2, -0.15) is 5.10 Å². The Bertz CT molecular complexity index is 552. The molecule has 23 heavy (non-hydrogen) atoms. The summed E-state index contributed by atoms with van der Waals surface area (Å²) >= 11 is 0. The number of rotatable bonds is 4. The molecule has 0 spiro atoms. The normalized spacial score (nSPS) is 17.5. The third kappa shape index (κ3) is 5.04. The Morgan fingerprint density at radius 1 is 1.13 bits per heavy atom. The number of carbonyl (C=O) groups excluding carboxylic acids is 1. The molecule has 0 amide bonds. The smallest absolute Gasteiger partial charge is 0.320 e. The van der Waals surface area contributed by atoms with Crippen LogP contribution in [0.2, 0.25) is 0 Å². The maximum Gasteiger partial charge on any atom is 0.320 e. The fourth-order valence-electron chi connectivity index (χ4n) is 2.93. The molecule has 0 N–H and O–H groups in total. The van der Waals surface area contributed by atoms with Crippen LogP contribution in [0.1, 0.15) is 37.7 Å². The molecule has 2 rings (SSSR count). The van der Waals surface area contributed by atoms with Gasteiger partial charge in [0.25, 0.3) is 0 Å². The summed E-state index contributed by atoms with van der Waals surface area (Å²) in [4.78, 5) is 16.5.